The van der Waals surface area contributed by atoms with Crippen LogP contribution in [0.3, 0.4) is 0 Å². The number of amides is 1. The van der Waals surface area contributed by atoms with Gasteiger partial charge >= 0.3 is 0 Å². The number of nitrogens with zero attached hydrogens (tertiary/aromatic N) is 3. The molecule has 0 unspecified atom stereocenters. The van der Waals surface area contributed by atoms with Gasteiger partial charge in [-0.2, -0.15) is 5.10 Å². The minimum atomic E-state index is -0.581. The molecule has 0 aliphatic carbocycles. The quantitative estimate of drug-likeness (QED) is 0.673. The molecular formula is C10H16N4O2. The van der Waals surface area contributed by atoms with Gasteiger partial charge in [0.25, 0.3) is 0 Å². The molecule has 1 aliphatic heterocycles. The number of aliphatic hydroxyl groups is 1. The molecule has 0 radical (unpaired) electrons. The number of β-amino-alcohol motifs (C(OH)–C–C–N with tert-alkyl or cyclic N) is 1. The number of likely N-dealkylation sites (tertiary alicyclic amines) is 1. The Kier molecular flexibility index (Phi) is 2.93. The molecule has 0 bridgehead atoms. The summed E-state index contributed by atoms with van der Waals surface area (Å²) in [6.45, 7) is 2.43. The third-order valence-electron chi connectivity index (χ3n) is 2.82. The molecule has 0 saturated carbocycles. The van der Waals surface area contributed by atoms with E-state index in [9.17, 15) is 9.90 Å². The van der Waals surface area contributed by atoms with E-state index in [1.807, 2.05) is 0 Å². The Balaban J connectivity index is 2.08. The van der Waals surface area contributed by atoms with Crippen LogP contribution < -0.4 is 5.73 Å². The lowest BCUT2D eigenvalue weighted by Gasteiger charge is -2.18. The van der Waals surface area contributed by atoms with E-state index in [0.29, 0.717) is 13.1 Å². The van der Waals surface area contributed by atoms with Gasteiger partial charge in [0, 0.05) is 25.5 Å². The summed E-state index contributed by atoms with van der Waals surface area (Å²) in [5.74, 6) is -0.131. The van der Waals surface area contributed by atoms with Gasteiger partial charge in [0.15, 0.2) is 0 Å². The molecule has 16 heavy (non-hydrogen) atoms. The van der Waals surface area contributed by atoms with E-state index >= 15 is 0 Å². The van der Waals surface area contributed by atoms with Gasteiger partial charge in [-0.3, -0.25) is 9.48 Å². The fourth-order valence-electron chi connectivity index (χ4n) is 1.97. The molecule has 2 heterocycles. The van der Waals surface area contributed by atoms with Crippen molar-refractivity contribution in [3.8, 4) is 0 Å². The Morgan fingerprint density at radius 2 is 2.38 bits per heavy atom. The average Bonchev–Trinajstić information content (AvgIpc) is 2.84. The molecule has 1 aromatic rings. The summed E-state index contributed by atoms with van der Waals surface area (Å²) < 4.78 is 1.68. The highest BCUT2D eigenvalue weighted by Crippen LogP contribution is 2.21. The first-order chi connectivity index (χ1) is 7.59. The normalized spacial score (nSPS) is 27.1. The highest BCUT2D eigenvalue weighted by molar-refractivity contribution is 5.81. The van der Waals surface area contributed by atoms with Crippen LogP contribution in [0.2, 0.25) is 0 Å². The Morgan fingerprint density at radius 3 is 2.94 bits per heavy atom. The van der Waals surface area contributed by atoms with Crippen LogP contribution in [0.15, 0.2) is 18.5 Å². The zero-order chi connectivity index (χ0) is 11.7. The van der Waals surface area contributed by atoms with Gasteiger partial charge in [0.2, 0.25) is 5.91 Å². The van der Waals surface area contributed by atoms with Gasteiger partial charge in [-0.25, -0.2) is 0 Å². The number of nitrogens with two attached hydrogens (primary N) is 1. The Bertz CT molecular complexity index is 363. The highest BCUT2D eigenvalue weighted by atomic mass is 16.3. The molecule has 1 saturated heterocycles. The number of hydrogen-bond donors (Lipinski definition) is 2. The lowest BCUT2D eigenvalue weighted by atomic mass is 10.2. The summed E-state index contributed by atoms with van der Waals surface area (Å²) in [5.41, 5.74) is 5.53. The predicted octanol–water partition coefficient (Wildman–Crippen LogP) is -1.03. The number of carbonyl (C=O) groups is 1. The monoisotopic (exact) mass is 224 g/mol. The molecule has 3 atom stereocenters. The zero-order valence-corrected chi connectivity index (χ0v) is 9.15. The van der Waals surface area contributed by atoms with E-state index in [-0.39, 0.29) is 11.9 Å². The maximum atomic E-state index is 11.7. The topological polar surface area (TPSA) is 84.4 Å². The molecule has 88 valence electrons. The van der Waals surface area contributed by atoms with E-state index in [4.69, 9.17) is 5.73 Å². The molecule has 1 amide bonds. The SMILES string of the molecule is C[C@H](N)C(=O)N1C[C@H](O)[C@@H](n2cccn2)C1. The molecule has 1 fully saturated rings. The van der Waals surface area contributed by atoms with Crippen molar-refractivity contribution in [1.82, 2.24) is 14.7 Å². The number of hydrogen-bond acceptors (Lipinski definition) is 4. The van der Waals surface area contributed by atoms with Crippen LogP contribution in [0.1, 0.15) is 13.0 Å². The van der Waals surface area contributed by atoms with E-state index in [1.54, 1.807) is 35.0 Å². The molecule has 3 N–H and O–H groups in total. The summed E-state index contributed by atoms with van der Waals surface area (Å²) in [5, 5.41) is 13.9. The van der Waals surface area contributed by atoms with E-state index < -0.39 is 12.1 Å². The summed E-state index contributed by atoms with van der Waals surface area (Å²) in [4.78, 5) is 13.3. The second-order valence-electron chi connectivity index (χ2n) is 4.15. The molecule has 1 aromatic heterocycles. The molecule has 0 aromatic carbocycles. The van der Waals surface area contributed by atoms with Crippen LogP contribution in [-0.4, -0.2) is 50.9 Å². The lowest BCUT2D eigenvalue weighted by Crippen LogP contribution is -2.41. The van der Waals surface area contributed by atoms with Crippen LogP contribution in [0, 0.1) is 0 Å². The predicted molar refractivity (Wildman–Crippen MR) is 57.5 cm³/mol. The molecule has 1 aliphatic rings. The van der Waals surface area contributed by atoms with Gasteiger partial charge in [-0.1, -0.05) is 0 Å². The average molecular weight is 224 g/mol. The molecule has 6 heteroatoms. The minimum absolute atomic E-state index is 0.131. The summed E-state index contributed by atoms with van der Waals surface area (Å²) in [7, 11) is 0. The van der Waals surface area contributed by atoms with Gasteiger partial charge in [-0.05, 0) is 13.0 Å². The number of rotatable bonds is 2. The number of carbonyl (C=O) groups excluding carboxylic acids is 1. The summed E-state index contributed by atoms with van der Waals surface area (Å²) in [6.07, 6.45) is 2.86. The van der Waals surface area contributed by atoms with Crippen molar-refractivity contribution in [2.24, 2.45) is 5.73 Å². The first-order valence-electron chi connectivity index (χ1n) is 5.31. The van der Waals surface area contributed by atoms with E-state index in [1.165, 1.54) is 0 Å². The third kappa shape index (κ3) is 1.94. The molecule has 6 nitrogen and oxygen atoms in total. The van der Waals surface area contributed by atoms with Crippen LogP contribution in [0.4, 0.5) is 0 Å². The van der Waals surface area contributed by atoms with E-state index in [0.717, 1.165) is 0 Å². The van der Waals surface area contributed by atoms with Gasteiger partial charge in [0.1, 0.15) is 0 Å². The van der Waals surface area contributed by atoms with Crippen molar-refractivity contribution >= 4 is 5.91 Å². The van der Waals surface area contributed by atoms with Crippen molar-refractivity contribution in [2.75, 3.05) is 13.1 Å². The van der Waals surface area contributed by atoms with Crippen LogP contribution >= 0.6 is 0 Å². The summed E-state index contributed by atoms with van der Waals surface area (Å²) >= 11 is 0. The molecule has 0 spiro atoms. The highest BCUT2D eigenvalue weighted by Gasteiger charge is 2.36. The standard InChI is InChI=1S/C10H16N4O2/c1-7(11)10(16)13-5-8(9(15)6-13)14-4-2-3-12-14/h2-4,7-9,15H,5-6,11H2,1H3/t7-,8-,9-/m0/s1. The van der Waals surface area contributed by atoms with E-state index in [2.05, 4.69) is 5.10 Å². The fourth-order valence-corrected chi connectivity index (χ4v) is 1.97. The minimum Gasteiger partial charge on any atom is -0.389 e. The number of aromatic nitrogens is 2. The Morgan fingerprint density at radius 1 is 1.62 bits per heavy atom. The van der Waals surface area contributed by atoms with Crippen molar-refractivity contribution in [3.05, 3.63) is 18.5 Å². The smallest absolute Gasteiger partial charge is 0.239 e. The molecule has 2 rings (SSSR count). The third-order valence-corrected chi connectivity index (χ3v) is 2.82. The maximum Gasteiger partial charge on any atom is 0.239 e. The lowest BCUT2D eigenvalue weighted by molar-refractivity contribution is -0.131. The Labute approximate surface area is 93.6 Å². The van der Waals surface area contributed by atoms with Crippen LogP contribution in [0.25, 0.3) is 0 Å². The maximum absolute atomic E-state index is 11.7. The van der Waals surface area contributed by atoms with Crippen molar-refractivity contribution in [3.63, 3.8) is 0 Å². The van der Waals surface area contributed by atoms with Crippen LogP contribution in [0.5, 0.6) is 0 Å². The van der Waals surface area contributed by atoms with Crippen LogP contribution in [-0.2, 0) is 4.79 Å². The van der Waals surface area contributed by atoms with Crippen molar-refractivity contribution < 1.29 is 9.90 Å². The zero-order valence-electron chi connectivity index (χ0n) is 9.15. The fraction of sp³-hybridized carbons (Fsp3) is 0.600. The number of aliphatic hydroxyl groups excluding tert-OH is 1. The summed E-state index contributed by atoms with van der Waals surface area (Å²) in [6, 6.07) is 1.10. The molecular weight excluding hydrogens is 208 g/mol. The first kappa shape index (κ1) is 11.1. The van der Waals surface area contributed by atoms with Gasteiger partial charge in [-0.15, -0.1) is 0 Å². The van der Waals surface area contributed by atoms with Crippen molar-refractivity contribution in [2.45, 2.75) is 25.1 Å². The van der Waals surface area contributed by atoms with Gasteiger partial charge in [0.05, 0.1) is 18.2 Å². The second kappa shape index (κ2) is 4.23. The van der Waals surface area contributed by atoms with Crippen molar-refractivity contribution in [1.29, 1.82) is 0 Å². The largest absolute Gasteiger partial charge is 0.389 e. The van der Waals surface area contributed by atoms with Gasteiger partial charge < -0.3 is 15.7 Å². The Hall–Kier alpha value is -1.40. The second-order valence-corrected chi connectivity index (χ2v) is 4.15. The first-order valence-corrected chi connectivity index (χ1v) is 5.31.